The van der Waals surface area contributed by atoms with Gasteiger partial charge in [-0.15, -0.1) is 0 Å². The molecule has 1 aliphatic carbocycles. The van der Waals surface area contributed by atoms with Crippen LogP contribution >= 0.6 is 11.4 Å². The van der Waals surface area contributed by atoms with Crippen molar-refractivity contribution in [2.24, 2.45) is 0 Å². The Balaban J connectivity index is 1.75. The van der Waals surface area contributed by atoms with E-state index in [-0.39, 0.29) is 12.1 Å². The molecule has 0 atom stereocenters. The lowest BCUT2D eigenvalue weighted by Gasteiger charge is -2.39. The minimum atomic E-state index is -0.279. The standard InChI is InChI=1S/C15H21NO3S/c1-11(17)20-14-8-13(9-14)16(2)15(18)19-10-12-6-4-3-5-7-12/h3-7,13-14,17,20H,8-10H2,1-2H3. The van der Waals surface area contributed by atoms with Crippen molar-refractivity contribution in [3.63, 3.8) is 0 Å². The van der Waals surface area contributed by atoms with Crippen molar-refractivity contribution in [2.45, 2.75) is 37.7 Å². The maximum absolute atomic E-state index is 11.9. The number of aliphatic hydroxyl groups is 1. The third kappa shape index (κ3) is 4.08. The first-order chi connectivity index (χ1) is 9.56. The van der Waals surface area contributed by atoms with Gasteiger partial charge in [-0.05, 0) is 25.3 Å². The van der Waals surface area contributed by atoms with Crippen LogP contribution in [0, 0.1) is 0 Å². The molecular weight excluding hydrogens is 274 g/mol. The molecule has 1 aromatic carbocycles. The number of hydrogen-bond donors (Lipinski definition) is 2. The number of thiol groups is 1. The SMILES string of the molecule is CC(O)=[SH]C1CC(N(C)C(=O)OCc2ccccc2)C1. The van der Waals surface area contributed by atoms with Gasteiger partial charge in [0.1, 0.15) is 6.61 Å². The minimum absolute atomic E-state index is 0.232. The van der Waals surface area contributed by atoms with Crippen LogP contribution in [0.5, 0.6) is 0 Å². The topological polar surface area (TPSA) is 49.8 Å². The lowest BCUT2D eigenvalue weighted by Crippen LogP contribution is -2.46. The van der Waals surface area contributed by atoms with E-state index in [0.717, 1.165) is 29.8 Å². The number of amides is 1. The molecular formula is C15H21NO3S. The molecule has 4 nitrogen and oxygen atoms in total. The second-order valence-corrected chi connectivity index (χ2v) is 6.74. The number of carbonyl (C=O) groups excluding carboxylic acids is 1. The fourth-order valence-corrected chi connectivity index (χ4v) is 3.44. The average molecular weight is 295 g/mol. The van der Waals surface area contributed by atoms with E-state index < -0.39 is 0 Å². The molecule has 5 heteroatoms. The molecule has 0 aromatic heterocycles. The van der Waals surface area contributed by atoms with Crippen molar-refractivity contribution in [1.29, 1.82) is 0 Å². The third-order valence-corrected chi connectivity index (χ3v) is 4.66. The monoisotopic (exact) mass is 295 g/mol. The highest BCUT2D eigenvalue weighted by atomic mass is 32.1. The quantitative estimate of drug-likeness (QED) is 0.663. The van der Waals surface area contributed by atoms with E-state index in [1.165, 1.54) is 0 Å². The van der Waals surface area contributed by atoms with E-state index in [9.17, 15) is 9.90 Å². The molecule has 2 rings (SSSR count). The maximum Gasteiger partial charge on any atom is 0.410 e. The highest BCUT2D eigenvalue weighted by Gasteiger charge is 2.33. The van der Waals surface area contributed by atoms with Crippen LogP contribution in [0.1, 0.15) is 25.3 Å². The number of rotatable bonds is 4. The Morgan fingerprint density at radius 2 is 2.05 bits per heavy atom. The van der Waals surface area contributed by atoms with Gasteiger partial charge in [0.2, 0.25) is 0 Å². The zero-order chi connectivity index (χ0) is 14.5. The Bertz CT molecular complexity index is 479. The molecule has 1 N–H and O–H groups in total. The summed E-state index contributed by atoms with van der Waals surface area (Å²) >= 11 is 0.986. The molecule has 110 valence electrons. The van der Waals surface area contributed by atoms with E-state index >= 15 is 0 Å². The largest absolute Gasteiger partial charge is 0.445 e. The molecule has 20 heavy (non-hydrogen) atoms. The first-order valence-corrected chi connectivity index (χ1v) is 7.69. The molecule has 1 aliphatic rings. The summed E-state index contributed by atoms with van der Waals surface area (Å²) in [5, 5.41) is 10.1. The zero-order valence-electron chi connectivity index (χ0n) is 11.8. The highest BCUT2D eigenvalue weighted by molar-refractivity contribution is 7.99. The van der Waals surface area contributed by atoms with Crippen LogP contribution in [0.25, 0.3) is 0 Å². The van der Waals surface area contributed by atoms with Crippen molar-refractivity contribution in [3.8, 4) is 0 Å². The first kappa shape index (κ1) is 15.1. The van der Waals surface area contributed by atoms with E-state index in [0.29, 0.717) is 16.9 Å². The van der Waals surface area contributed by atoms with E-state index in [2.05, 4.69) is 0 Å². The second-order valence-electron chi connectivity index (χ2n) is 5.11. The summed E-state index contributed by atoms with van der Waals surface area (Å²) < 4.78 is 5.29. The summed E-state index contributed by atoms with van der Waals surface area (Å²) in [7, 11) is 1.78. The number of carbonyl (C=O) groups is 1. The van der Waals surface area contributed by atoms with Gasteiger partial charge >= 0.3 is 6.09 Å². The smallest absolute Gasteiger partial charge is 0.410 e. The summed E-state index contributed by atoms with van der Waals surface area (Å²) in [5.74, 6) is 0. The third-order valence-electron chi connectivity index (χ3n) is 3.50. The number of aliphatic hydroxyl groups excluding tert-OH is 1. The van der Waals surface area contributed by atoms with Crippen molar-refractivity contribution in [1.82, 2.24) is 4.90 Å². The normalized spacial score (nSPS) is 22.4. The number of hydrogen-bond acceptors (Lipinski definition) is 2. The van der Waals surface area contributed by atoms with Crippen LogP contribution in [0.2, 0.25) is 0 Å². The van der Waals surface area contributed by atoms with Gasteiger partial charge < -0.3 is 14.7 Å². The van der Waals surface area contributed by atoms with Gasteiger partial charge in [-0.3, -0.25) is 0 Å². The summed E-state index contributed by atoms with van der Waals surface area (Å²) in [6.45, 7) is 2.02. The van der Waals surface area contributed by atoms with Gasteiger partial charge in [0.05, 0.1) is 5.05 Å². The van der Waals surface area contributed by atoms with Gasteiger partial charge in [-0.25, -0.2) is 4.79 Å². The minimum Gasteiger partial charge on any atom is -0.445 e. The van der Waals surface area contributed by atoms with Crippen LogP contribution in [0.3, 0.4) is 0 Å². The molecule has 0 heterocycles. The van der Waals surface area contributed by atoms with Crippen molar-refractivity contribution in [2.75, 3.05) is 7.05 Å². The number of nitrogens with zero attached hydrogens (tertiary/aromatic N) is 1. The maximum atomic E-state index is 11.9. The molecule has 0 bridgehead atoms. The molecule has 0 radical (unpaired) electrons. The summed E-state index contributed by atoms with van der Waals surface area (Å²) in [5.41, 5.74) is 0.991. The number of ether oxygens (including phenoxy) is 1. The Hall–Kier alpha value is -1.33. The molecule has 1 aromatic rings. The molecule has 0 aliphatic heterocycles. The second kappa shape index (κ2) is 6.90. The lowest BCUT2D eigenvalue weighted by molar-refractivity contribution is 0.0766. The Morgan fingerprint density at radius 3 is 2.65 bits per heavy atom. The van der Waals surface area contributed by atoms with E-state index in [1.807, 2.05) is 30.3 Å². The van der Waals surface area contributed by atoms with Gasteiger partial charge in [0.25, 0.3) is 0 Å². The summed E-state index contributed by atoms with van der Waals surface area (Å²) in [4.78, 5) is 13.6. The Labute approximate surface area is 123 Å². The van der Waals surface area contributed by atoms with Crippen LogP contribution in [0.4, 0.5) is 4.79 Å². The van der Waals surface area contributed by atoms with Gasteiger partial charge in [-0.2, -0.15) is 11.4 Å². The fraction of sp³-hybridized carbons (Fsp3) is 0.467. The van der Waals surface area contributed by atoms with E-state index in [4.69, 9.17) is 4.74 Å². The average Bonchev–Trinajstić information content (AvgIpc) is 2.40. The Morgan fingerprint density at radius 1 is 1.40 bits per heavy atom. The number of benzene rings is 1. The van der Waals surface area contributed by atoms with Crippen molar-refractivity contribution >= 4 is 22.5 Å². The van der Waals surface area contributed by atoms with Crippen LogP contribution < -0.4 is 0 Å². The molecule has 0 spiro atoms. The summed E-state index contributed by atoms with van der Waals surface area (Å²) in [6, 6.07) is 9.89. The van der Waals surface area contributed by atoms with Crippen LogP contribution in [-0.2, 0) is 11.3 Å². The van der Waals surface area contributed by atoms with Crippen molar-refractivity contribution < 1.29 is 14.6 Å². The zero-order valence-corrected chi connectivity index (χ0v) is 12.7. The first-order valence-electron chi connectivity index (χ1n) is 6.73. The van der Waals surface area contributed by atoms with Crippen LogP contribution in [-0.4, -0.2) is 39.5 Å². The Kier molecular flexibility index (Phi) is 5.20. The fourth-order valence-electron chi connectivity index (χ4n) is 2.22. The highest BCUT2D eigenvalue weighted by Crippen LogP contribution is 2.32. The molecule has 1 amide bonds. The lowest BCUT2D eigenvalue weighted by atomic mass is 9.91. The molecule has 0 unspecified atom stereocenters. The van der Waals surface area contributed by atoms with Gasteiger partial charge in [-0.1, -0.05) is 30.3 Å². The predicted molar refractivity (Wildman–Crippen MR) is 83.5 cm³/mol. The van der Waals surface area contributed by atoms with Gasteiger partial charge in [0, 0.05) is 18.3 Å². The molecule has 0 saturated heterocycles. The van der Waals surface area contributed by atoms with Gasteiger partial charge in [0.15, 0.2) is 0 Å². The molecule has 1 fully saturated rings. The van der Waals surface area contributed by atoms with Crippen LogP contribution in [0.15, 0.2) is 30.3 Å². The van der Waals surface area contributed by atoms with E-state index in [1.54, 1.807) is 18.9 Å². The molecule has 1 saturated carbocycles. The summed E-state index contributed by atoms with van der Waals surface area (Å²) in [6.07, 6.45) is 1.57. The predicted octanol–water partition coefficient (Wildman–Crippen LogP) is 2.96. The van der Waals surface area contributed by atoms with Crippen molar-refractivity contribution in [3.05, 3.63) is 35.9 Å².